The van der Waals surface area contributed by atoms with E-state index >= 15 is 0 Å². The van der Waals surface area contributed by atoms with Crippen LogP contribution >= 0.6 is 0 Å². The number of phenolic OH excluding ortho intramolecular Hbond substituents is 2. The molecule has 3 aromatic rings. The first-order chi connectivity index (χ1) is 22.3. The van der Waals surface area contributed by atoms with Crippen molar-refractivity contribution in [2.45, 2.75) is 31.3 Å². The zero-order valence-electron chi connectivity index (χ0n) is 25.4. The molecule has 0 radical (unpaired) electrons. The number of carbonyl (C=O) groups excluding carboxylic acids is 3. The summed E-state index contributed by atoms with van der Waals surface area (Å²) in [4.78, 5) is 42.4. The highest BCUT2D eigenvalue weighted by molar-refractivity contribution is 6.01. The monoisotopic (exact) mass is 632 g/mol. The van der Waals surface area contributed by atoms with Gasteiger partial charge in [-0.2, -0.15) is 0 Å². The Morgan fingerprint density at radius 1 is 0.804 bits per heavy atom. The Labute approximate surface area is 265 Å². The van der Waals surface area contributed by atoms with Crippen molar-refractivity contribution in [3.05, 3.63) is 82.4 Å². The molecule has 0 aliphatic carbocycles. The lowest BCUT2D eigenvalue weighted by Gasteiger charge is -2.36. The van der Waals surface area contributed by atoms with Gasteiger partial charge in [-0.05, 0) is 49.2 Å². The van der Waals surface area contributed by atoms with Gasteiger partial charge in [-0.1, -0.05) is 12.5 Å². The van der Waals surface area contributed by atoms with Gasteiger partial charge in [-0.15, -0.1) is 0 Å². The van der Waals surface area contributed by atoms with Crippen LogP contribution < -0.4 is 15.4 Å². The Bertz CT molecular complexity index is 1590. The number of hydrogen-bond acceptors (Lipinski definition) is 9. The van der Waals surface area contributed by atoms with Gasteiger partial charge in [-0.3, -0.25) is 19.4 Å². The second-order valence-electron chi connectivity index (χ2n) is 11.8. The topological polar surface area (TPSA) is 141 Å². The second kappa shape index (κ2) is 13.4. The normalized spacial score (nSPS) is 16.6. The minimum atomic E-state index is -1.39. The number of esters is 1. The molecule has 3 aromatic carbocycles. The first-order valence-electron chi connectivity index (χ1n) is 15.6. The predicted octanol–water partition coefficient (Wildman–Crippen LogP) is 3.62. The van der Waals surface area contributed by atoms with Gasteiger partial charge in [0, 0.05) is 86.6 Å². The fraction of sp³-hybridized carbons (Fsp3) is 0.382. The smallest absolute Gasteiger partial charge is 0.340 e. The van der Waals surface area contributed by atoms with Crippen molar-refractivity contribution in [2.75, 3.05) is 52.6 Å². The maximum absolute atomic E-state index is 13.3. The number of ether oxygens (including phenoxy) is 2. The molecule has 0 bridgehead atoms. The Morgan fingerprint density at radius 2 is 1.46 bits per heavy atom. The third-order valence-corrected chi connectivity index (χ3v) is 8.79. The molecule has 3 heterocycles. The molecule has 0 unspecified atom stereocenters. The van der Waals surface area contributed by atoms with Crippen molar-refractivity contribution < 1.29 is 38.5 Å². The Kier molecular flexibility index (Phi) is 9.09. The number of unbranched alkanes of at least 4 members (excludes halogenated alkanes) is 2. The number of phenols is 2. The summed E-state index contributed by atoms with van der Waals surface area (Å²) in [6, 6.07) is 13.9. The van der Waals surface area contributed by atoms with Gasteiger partial charge < -0.3 is 30.3 Å². The fourth-order valence-electron chi connectivity index (χ4n) is 6.31. The van der Waals surface area contributed by atoms with E-state index in [0.29, 0.717) is 67.7 Å². The predicted molar refractivity (Wildman–Crippen MR) is 166 cm³/mol. The summed E-state index contributed by atoms with van der Waals surface area (Å²) in [5, 5.41) is 26.0. The lowest BCUT2D eigenvalue weighted by molar-refractivity contribution is -0.121. The highest BCUT2D eigenvalue weighted by atomic mass is 19.1. The number of benzene rings is 3. The van der Waals surface area contributed by atoms with Crippen molar-refractivity contribution >= 4 is 17.8 Å². The van der Waals surface area contributed by atoms with E-state index in [1.54, 1.807) is 29.2 Å². The van der Waals surface area contributed by atoms with Crippen LogP contribution in [0.5, 0.6) is 23.0 Å². The number of hydrogen-bond donors (Lipinski definition) is 4. The molecule has 4 N–H and O–H groups in total. The molecule has 0 saturated carbocycles. The highest BCUT2D eigenvalue weighted by Gasteiger charge is 2.53. The van der Waals surface area contributed by atoms with Crippen LogP contribution in [0.2, 0.25) is 0 Å². The van der Waals surface area contributed by atoms with E-state index in [9.17, 15) is 29.0 Å². The van der Waals surface area contributed by atoms with Crippen LogP contribution in [-0.2, 0) is 15.1 Å². The van der Waals surface area contributed by atoms with Crippen molar-refractivity contribution in [3.8, 4) is 23.0 Å². The SMILES string of the molecule is O=C(CCCCCNC(=O)c1ccc2c(c1)C(=O)OC21c2ccc(O)cc2Oc2cc(O)ccc21)NCCN1CCN(CF)CC1. The number of amides is 2. The fourth-order valence-corrected chi connectivity index (χ4v) is 6.31. The van der Waals surface area contributed by atoms with E-state index in [4.69, 9.17) is 9.47 Å². The van der Waals surface area contributed by atoms with Crippen LogP contribution in [-0.4, -0.2) is 90.4 Å². The molecule has 3 aliphatic heterocycles. The number of halogens is 1. The highest BCUT2D eigenvalue weighted by Crippen LogP contribution is 2.57. The van der Waals surface area contributed by atoms with Gasteiger partial charge in [0.15, 0.2) is 5.60 Å². The maximum Gasteiger partial charge on any atom is 0.340 e. The van der Waals surface area contributed by atoms with E-state index in [1.807, 2.05) is 0 Å². The average Bonchev–Trinajstić information content (AvgIpc) is 3.34. The summed E-state index contributed by atoms with van der Waals surface area (Å²) < 4.78 is 24.7. The van der Waals surface area contributed by atoms with Gasteiger partial charge in [0.2, 0.25) is 5.91 Å². The number of rotatable bonds is 11. The molecule has 1 spiro atoms. The van der Waals surface area contributed by atoms with E-state index in [-0.39, 0.29) is 40.4 Å². The molecule has 11 nitrogen and oxygen atoms in total. The van der Waals surface area contributed by atoms with E-state index < -0.39 is 18.4 Å². The summed E-state index contributed by atoms with van der Waals surface area (Å²) in [5.41, 5.74) is 0.699. The van der Waals surface area contributed by atoms with E-state index in [2.05, 4.69) is 15.5 Å². The third kappa shape index (κ3) is 6.22. The number of nitrogens with one attached hydrogen (secondary N) is 2. The van der Waals surface area contributed by atoms with Crippen molar-refractivity contribution in [1.82, 2.24) is 20.4 Å². The van der Waals surface area contributed by atoms with Gasteiger partial charge in [-0.25, -0.2) is 9.18 Å². The van der Waals surface area contributed by atoms with Gasteiger partial charge in [0.25, 0.3) is 5.91 Å². The molecule has 0 atom stereocenters. The van der Waals surface area contributed by atoms with Crippen LogP contribution in [0, 0.1) is 0 Å². The molecule has 0 aromatic heterocycles. The first kappa shape index (κ1) is 31.3. The molecule has 12 heteroatoms. The number of carbonyl (C=O) groups is 3. The Balaban J connectivity index is 1.01. The van der Waals surface area contributed by atoms with E-state index in [1.165, 1.54) is 30.3 Å². The quantitative estimate of drug-likeness (QED) is 0.142. The second-order valence-corrected chi connectivity index (χ2v) is 11.8. The molecular formula is C34H37FN4O7. The summed E-state index contributed by atoms with van der Waals surface area (Å²) in [5.74, 6) is -0.445. The third-order valence-electron chi connectivity index (χ3n) is 8.79. The molecule has 1 saturated heterocycles. The summed E-state index contributed by atoms with van der Waals surface area (Å²) in [6.45, 7) is 4.35. The largest absolute Gasteiger partial charge is 0.508 e. The number of piperazine rings is 1. The number of fused-ring (bicyclic) bond motifs is 6. The zero-order valence-corrected chi connectivity index (χ0v) is 25.4. The number of aromatic hydroxyl groups is 2. The van der Waals surface area contributed by atoms with Crippen molar-refractivity contribution in [3.63, 3.8) is 0 Å². The van der Waals surface area contributed by atoms with E-state index in [0.717, 1.165) is 26.1 Å². The van der Waals surface area contributed by atoms with Crippen molar-refractivity contribution in [2.24, 2.45) is 0 Å². The molecule has 2 amide bonds. The number of nitrogens with zero attached hydrogens (tertiary/aromatic N) is 2. The lowest BCUT2D eigenvalue weighted by atomic mass is 9.77. The molecule has 46 heavy (non-hydrogen) atoms. The summed E-state index contributed by atoms with van der Waals surface area (Å²) in [6.07, 6.45) is 2.58. The molecule has 242 valence electrons. The minimum Gasteiger partial charge on any atom is -0.508 e. The van der Waals surface area contributed by atoms with Crippen LogP contribution in [0.25, 0.3) is 0 Å². The average molecular weight is 633 g/mol. The van der Waals surface area contributed by atoms with Gasteiger partial charge in [0.1, 0.15) is 29.8 Å². The zero-order chi connectivity index (χ0) is 32.3. The standard InChI is InChI=1S/C34H37FN4O7/c35-21-39-16-14-38(15-17-39)13-12-36-31(42)4-2-1-3-11-37-32(43)22-5-8-26-25(18-22)33(44)46-34(26)27-9-6-23(40)19-29(27)45-30-20-24(41)7-10-28(30)34/h5-10,18-20,40-41H,1-4,11-17,21H2,(H,36,42)(H,37,43). The summed E-state index contributed by atoms with van der Waals surface area (Å²) >= 11 is 0. The van der Waals surface area contributed by atoms with Gasteiger partial charge >= 0.3 is 5.97 Å². The summed E-state index contributed by atoms with van der Waals surface area (Å²) in [7, 11) is 0. The Morgan fingerprint density at radius 3 is 2.13 bits per heavy atom. The van der Waals surface area contributed by atoms with Crippen LogP contribution in [0.15, 0.2) is 54.6 Å². The minimum absolute atomic E-state index is 0.00222. The maximum atomic E-state index is 13.3. The van der Waals surface area contributed by atoms with Gasteiger partial charge in [0.05, 0.1) is 5.56 Å². The molecule has 3 aliphatic rings. The van der Waals surface area contributed by atoms with Crippen LogP contribution in [0.3, 0.4) is 0 Å². The lowest BCUT2D eigenvalue weighted by Crippen LogP contribution is -2.48. The molecule has 6 rings (SSSR count). The number of alkyl halides is 1. The Hall–Kier alpha value is -4.68. The molecule has 1 fully saturated rings. The van der Waals surface area contributed by atoms with Crippen LogP contribution in [0.4, 0.5) is 4.39 Å². The van der Waals surface area contributed by atoms with Crippen LogP contribution in [0.1, 0.15) is 63.1 Å². The first-order valence-corrected chi connectivity index (χ1v) is 15.6. The molecular weight excluding hydrogens is 595 g/mol. The van der Waals surface area contributed by atoms with Crippen molar-refractivity contribution in [1.29, 1.82) is 0 Å².